The maximum absolute atomic E-state index is 12.6. The summed E-state index contributed by atoms with van der Waals surface area (Å²) in [5.41, 5.74) is 3.60. The molecule has 30 heavy (non-hydrogen) atoms. The summed E-state index contributed by atoms with van der Waals surface area (Å²) in [7, 11) is 0. The molecule has 9 N–H and O–H groups in total. The predicted molar refractivity (Wildman–Crippen MR) is 99.1 cm³/mol. The molecule has 0 bridgehead atoms. The summed E-state index contributed by atoms with van der Waals surface area (Å²) in [6.45, 7) is -0.761. The number of rotatable bonds is 5. The highest BCUT2D eigenvalue weighted by atomic mass is 16.6. The van der Waals surface area contributed by atoms with Crippen LogP contribution in [-0.2, 0) is 21.7 Å². The molecule has 0 radical (unpaired) electrons. The maximum Gasteiger partial charge on any atom is 0.262 e. The smallest absolute Gasteiger partial charge is 0.262 e. The summed E-state index contributed by atoms with van der Waals surface area (Å²) < 4.78 is 11.8. The van der Waals surface area contributed by atoms with Crippen LogP contribution in [0, 0.1) is 0 Å². The van der Waals surface area contributed by atoms with E-state index in [0.29, 0.717) is 5.56 Å². The Labute approximate surface area is 168 Å². The quantitative estimate of drug-likeness (QED) is 0.214. The van der Waals surface area contributed by atoms with Crippen molar-refractivity contribution in [3.05, 3.63) is 22.1 Å². The fraction of sp³-hybridized carbons (Fsp3) is 0.647. The number of nitrogen functional groups attached to an aromatic ring is 1. The SMILES string of the molecule is Nc1nc2c(c(CNC3C(O)C(O)C4OC34)cn2C2(O)COC(CO)C2O)c(=O)[nH]1. The van der Waals surface area contributed by atoms with Crippen LogP contribution in [0.5, 0.6) is 0 Å². The molecule has 3 fully saturated rings. The van der Waals surface area contributed by atoms with E-state index >= 15 is 0 Å². The zero-order valence-corrected chi connectivity index (χ0v) is 15.7. The van der Waals surface area contributed by atoms with E-state index < -0.39 is 54.5 Å². The molecule has 1 saturated carbocycles. The van der Waals surface area contributed by atoms with E-state index in [9.17, 15) is 30.3 Å². The number of nitrogens with two attached hydrogens (primary N) is 1. The number of aromatic nitrogens is 3. The summed E-state index contributed by atoms with van der Waals surface area (Å²) in [4.78, 5) is 19.1. The molecule has 0 amide bonds. The zero-order valence-electron chi connectivity index (χ0n) is 15.7. The van der Waals surface area contributed by atoms with Crippen molar-refractivity contribution in [2.75, 3.05) is 18.9 Å². The first-order valence-electron chi connectivity index (χ1n) is 9.54. The first-order valence-corrected chi connectivity index (χ1v) is 9.54. The molecule has 3 aliphatic rings. The second-order valence-corrected chi connectivity index (χ2v) is 7.98. The zero-order chi connectivity index (χ0) is 21.4. The van der Waals surface area contributed by atoms with E-state index in [1.54, 1.807) is 0 Å². The Morgan fingerprint density at radius 2 is 2.10 bits per heavy atom. The average molecular weight is 425 g/mol. The Morgan fingerprint density at radius 1 is 1.33 bits per heavy atom. The third-order valence-electron chi connectivity index (χ3n) is 6.18. The van der Waals surface area contributed by atoms with Crippen LogP contribution in [0.4, 0.5) is 5.95 Å². The number of nitrogens with one attached hydrogen (secondary N) is 2. The molecule has 8 atom stereocenters. The fourth-order valence-corrected chi connectivity index (χ4v) is 4.49. The normalized spacial score (nSPS) is 40.2. The second kappa shape index (κ2) is 6.70. The number of hydrogen-bond donors (Lipinski definition) is 8. The van der Waals surface area contributed by atoms with Crippen molar-refractivity contribution >= 4 is 17.0 Å². The molecule has 8 unspecified atom stereocenters. The Balaban J connectivity index is 1.53. The number of anilines is 1. The molecule has 0 aromatic carbocycles. The van der Waals surface area contributed by atoms with Crippen molar-refractivity contribution in [3.63, 3.8) is 0 Å². The lowest BCUT2D eigenvalue weighted by atomic mass is 10.1. The minimum atomic E-state index is -1.98. The topological polar surface area (TPSA) is 212 Å². The van der Waals surface area contributed by atoms with E-state index in [-0.39, 0.29) is 36.2 Å². The number of aromatic amines is 1. The van der Waals surface area contributed by atoms with Crippen LogP contribution in [-0.4, -0.2) is 95.9 Å². The number of hydrogen-bond acceptors (Lipinski definition) is 11. The van der Waals surface area contributed by atoms with Gasteiger partial charge in [-0.25, -0.2) is 0 Å². The minimum Gasteiger partial charge on any atom is -0.394 e. The largest absolute Gasteiger partial charge is 0.394 e. The number of nitrogens with zero attached hydrogens (tertiary/aromatic N) is 2. The molecule has 1 aliphatic carbocycles. The molecule has 13 nitrogen and oxygen atoms in total. The minimum absolute atomic E-state index is 0.0318. The van der Waals surface area contributed by atoms with Crippen LogP contribution in [0.15, 0.2) is 11.0 Å². The van der Waals surface area contributed by atoms with Crippen molar-refractivity contribution in [1.29, 1.82) is 0 Å². The molecule has 5 rings (SSSR count). The van der Waals surface area contributed by atoms with Gasteiger partial charge in [-0.1, -0.05) is 0 Å². The fourth-order valence-electron chi connectivity index (χ4n) is 4.49. The van der Waals surface area contributed by atoms with Crippen molar-refractivity contribution in [2.24, 2.45) is 0 Å². The lowest BCUT2D eigenvalue weighted by Gasteiger charge is -2.28. The third kappa shape index (κ3) is 2.72. The highest BCUT2D eigenvalue weighted by Gasteiger charge is 2.61. The van der Waals surface area contributed by atoms with Crippen LogP contribution in [0.1, 0.15) is 5.56 Å². The molecule has 4 heterocycles. The summed E-state index contributed by atoms with van der Waals surface area (Å²) >= 11 is 0. The van der Waals surface area contributed by atoms with Gasteiger partial charge >= 0.3 is 0 Å². The van der Waals surface area contributed by atoms with Crippen LogP contribution in [0.3, 0.4) is 0 Å². The maximum atomic E-state index is 12.6. The Bertz CT molecular complexity index is 1040. The Hall–Kier alpha value is -2.10. The van der Waals surface area contributed by atoms with Crippen molar-refractivity contribution in [1.82, 2.24) is 19.9 Å². The number of ether oxygens (including phenoxy) is 2. The average Bonchev–Trinajstić information content (AvgIpc) is 3.24. The molecule has 164 valence electrons. The van der Waals surface area contributed by atoms with E-state index in [2.05, 4.69) is 15.3 Å². The molecule has 2 aromatic rings. The molecular formula is C17H23N5O8. The van der Waals surface area contributed by atoms with E-state index in [1.807, 2.05) is 0 Å². The van der Waals surface area contributed by atoms with E-state index in [0.717, 1.165) is 0 Å². The van der Waals surface area contributed by atoms with Gasteiger partial charge in [0, 0.05) is 12.7 Å². The van der Waals surface area contributed by atoms with Gasteiger partial charge in [-0.3, -0.25) is 14.3 Å². The lowest BCUT2D eigenvalue weighted by Crippen LogP contribution is -2.47. The Morgan fingerprint density at radius 3 is 2.73 bits per heavy atom. The number of fused-ring (bicyclic) bond motifs is 2. The number of epoxide rings is 1. The molecule has 13 heteroatoms. The van der Waals surface area contributed by atoms with Gasteiger partial charge in [-0.2, -0.15) is 4.98 Å². The van der Waals surface area contributed by atoms with Crippen molar-refractivity contribution in [3.8, 4) is 0 Å². The van der Waals surface area contributed by atoms with Crippen LogP contribution >= 0.6 is 0 Å². The predicted octanol–water partition coefficient (Wildman–Crippen LogP) is -4.34. The van der Waals surface area contributed by atoms with Crippen LogP contribution < -0.4 is 16.6 Å². The number of aliphatic hydroxyl groups is 5. The molecule has 2 saturated heterocycles. The van der Waals surface area contributed by atoms with E-state index in [1.165, 1.54) is 10.8 Å². The van der Waals surface area contributed by atoms with Gasteiger partial charge in [0.05, 0.1) is 24.6 Å². The van der Waals surface area contributed by atoms with Gasteiger partial charge in [0.15, 0.2) is 11.4 Å². The third-order valence-corrected chi connectivity index (χ3v) is 6.18. The molecule has 2 aliphatic heterocycles. The van der Waals surface area contributed by atoms with Crippen molar-refractivity contribution in [2.45, 2.75) is 54.9 Å². The van der Waals surface area contributed by atoms with Gasteiger partial charge < -0.3 is 46.1 Å². The van der Waals surface area contributed by atoms with Crippen LogP contribution in [0.2, 0.25) is 0 Å². The summed E-state index contributed by atoms with van der Waals surface area (Å²) in [5, 5.41) is 54.2. The van der Waals surface area contributed by atoms with Gasteiger partial charge in [-0.15, -0.1) is 0 Å². The van der Waals surface area contributed by atoms with E-state index in [4.69, 9.17) is 15.2 Å². The molecule has 2 aromatic heterocycles. The van der Waals surface area contributed by atoms with Gasteiger partial charge in [0.2, 0.25) is 5.95 Å². The first-order chi connectivity index (χ1) is 14.3. The molecular weight excluding hydrogens is 402 g/mol. The number of aliphatic hydroxyl groups excluding tert-OH is 4. The lowest BCUT2D eigenvalue weighted by molar-refractivity contribution is -0.109. The van der Waals surface area contributed by atoms with Gasteiger partial charge in [-0.05, 0) is 5.56 Å². The van der Waals surface area contributed by atoms with Crippen molar-refractivity contribution < 1.29 is 35.0 Å². The highest BCUT2D eigenvalue weighted by Crippen LogP contribution is 2.39. The summed E-state index contributed by atoms with van der Waals surface area (Å²) in [6.07, 6.45) is -3.79. The monoisotopic (exact) mass is 425 g/mol. The first kappa shape index (κ1) is 19.8. The van der Waals surface area contributed by atoms with Gasteiger partial charge in [0.25, 0.3) is 5.56 Å². The standard InChI is InChI=1S/C17H23N5O8/c18-16-20-14-7(15(27)21-16)5(1-19-8-9(24)10(25)12-11(8)30-12)2-22(14)17(28)4-29-6(3-23)13(17)26/h2,6,8-13,19,23-26,28H,1,3-4H2,(H3,18,20,21,27). The summed E-state index contributed by atoms with van der Waals surface area (Å²) in [5.74, 6) is -0.175. The number of H-pyrrole nitrogens is 1. The summed E-state index contributed by atoms with van der Waals surface area (Å²) in [6, 6.07) is -0.536. The second-order valence-electron chi connectivity index (χ2n) is 7.98. The van der Waals surface area contributed by atoms with Gasteiger partial charge in [0.1, 0.15) is 36.6 Å². The van der Waals surface area contributed by atoms with Crippen LogP contribution in [0.25, 0.3) is 11.0 Å². The Kier molecular flexibility index (Phi) is 4.43. The molecule has 0 spiro atoms. The highest BCUT2D eigenvalue weighted by molar-refractivity contribution is 5.80.